The van der Waals surface area contributed by atoms with Crippen molar-refractivity contribution in [1.29, 1.82) is 0 Å². The van der Waals surface area contributed by atoms with Gasteiger partial charge in [0.05, 0.1) is 17.7 Å². The molecule has 154 valence electrons. The number of hydrogen-bond acceptors (Lipinski definition) is 5. The van der Waals surface area contributed by atoms with Gasteiger partial charge < -0.3 is 14.3 Å². The largest absolute Gasteiger partial charge is 0.507 e. The van der Waals surface area contributed by atoms with Crippen LogP contribution in [0.15, 0.2) is 71.1 Å². The number of hydrogen-bond donors (Lipinski definition) is 1. The number of ether oxygens (including phenoxy) is 1. The van der Waals surface area contributed by atoms with Gasteiger partial charge in [0.1, 0.15) is 11.3 Å². The van der Waals surface area contributed by atoms with Gasteiger partial charge in [0.2, 0.25) is 5.89 Å². The zero-order valence-corrected chi connectivity index (χ0v) is 17.1. The molecule has 1 heterocycles. The highest BCUT2D eigenvalue weighted by Gasteiger charge is 2.15. The summed E-state index contributed by atoms with van der Waals surface area (Å²) in [5.74, 6) is 0.0565. The first-order valence-corrected chi connectivity index (χ1v) is 10.4. The van der Waals surface area contributed by atoms with Crippen LogP contribution in [-0.4, -0.2) is 22.7 Å². The number of unbranched alkanes of at least 4 members (excludes halogenated alkanes) is 1. The summed E-state index contributed by atoms with van der Waals surface area (Å²) in [4.78, 5) is 16.9. The highest BCUT2D eigenvalue weighted by Crippen LogP contribution is 2.35. The number of nitrogens with zero attached hydrogens (tertiary/aromatic N) is 1. The molecule has 0 fully saturated rings. The van der Waals surface area contributed by atoms with E-state index >= 15 is 0 Å². The number of carbonyl (C=O) groups excluding carboxylic acids is 1. The van der Waals surface area contributed by atoms with Crippen molar-refractivity contribution < 1.29 is 19.1 Å². The van der Waals surface area contributed by atoms with Gasteiger partial charge in [0.25, 0.3) is 0 Å². The van der Waals surface area contributed by atoms with Gasteiger partial charge in [0, 0.05) is 0 Å². The van der Waals surface area contributed by atoms with Crippen LogP contribution in [0, 0.1) is 0 Å². The maximum Gasteiger partial charge on any atom is 0.338 e. The Kier molecular flexibility index (Phi) is 4.79. The summed E-state index contributed by atoms with van der Waals surface area (Å²) in [6, 6.07) is 20.6. The third-order valence-corrected chi connectivity index (χ3v) is 5.41. The van der Waals surface area contributed by atoms with Crippen molar-refractivity contribution in [3.05, 3.63) is 72.3 Å². The average Bonchev–Trinajstić information content (AvgIpc) is 3.19. The molecule has 5 aromatic rings. The van der Waals surface area contributed by atoms with Gasteiger partial charge in [-0.25, -0.2) is 9.78 Å². The molecule has 0 unspecified atom stereocenters. The van der Waals surface area contributed by atoms with Crippen molar-refractivity contribution in [2.75, 3.05) is 6.61 Å². The smallest absolute Gasteiger partial charge is 0.338 e. The van der Waals surface area contributed by atoms with Crippen LogP contribution in [-0.2, 0) is 4.74 Å². The third-order valence-electron chi connectivity index (χ3n) is 5.41. The predicted molar refractivity (Wildman–Crippen MR) is 121 cm³/mol. The minimum atomic E-state index is -0.349. The van der Waals surface area contributed by atoms with Crippen LogP contribution in [0.1, 0.15) is 30.1 Å². The first kappa shape index (κ1) is 19.1. The van der Waals surface area contributed by atoms with E-state index in [-0.39, 0.29) is 11.7 Å². The van der Waals surface area contributed by atoms with E-state index in [0.717, 1.165) is 39.9 Å². The van der Waals surface area contributed by atoms with Crippen LogP contribution in [0.4, 0.5) is 0 Å². The van der Waals surface area contributed by atoms with Gasteiger partial charge in [-0.1, -0.05) is 43.7 Å². The van der Waals surface area contributed by atoms with Crippen LogP contribution in [0.3, 0.4) is 0 Å². The fourth-order valence-corrected chi connectivity index (χ4v) is 3.70. The number of esters is 1. The highest BCUT2D eigenvalue weighted by atomic mass is 16.5. The molecule has 0 saturated heterocycles. The fourth-order valence-electron chi connectivity index (χ4n) is 3.70. The molecule has 0 bridgehead atoms. The standard InChI is InChI=1S/C26H21NO4/c1-2-3-10-30-26(29)19-9-8-18-14-23(28)21(12-20(18)11-19)25-27-22-13-16-6-4-5-7-17(16)15-24(22)31-25/h4-9,11-15,28H,2-3,10H2,1H3. The number of carbonyl (C=O) groups is 1. The summed E-state index contributed by atoms with van der Waals surface area (Å²) in [7, 11) is 0. The second-order valence-electron chi connectivity index (χ2n) is 7.61. The Bertz CT molecular complexity index is 1380. The van der Waals surface area contributed by atoms with E-state index in [0.29, 0.717) is 29.2 Å². The molecule has 1 N–H and O–H groups in total. The number of phenolic OH excluding ortho intramolecular Hbond substituents is 1. The molecule has 5 rings (SSSR count). The lowest BCUT2D eigenvalue weighted by molar-refractivity contribution is 0.0500. The van der Waals surface area contributed by atoms with Crippen molar-refractivity contribution >= 4 is 38.6 Å². The quantitative estimate of drug-likeness (QED) is 0.265. The van der Waals surface area contributed by atoms with Gasteiger partial charge in [-0.05, 0) is 64.4 Å². The van der Waals surface area contributed by atoms with Gasteiger partial charge in [-0.2, -0.15) is 0 Å². The van der Waals surface area contributed by atoms with Gasteiger partial charge in [0.15, 0.2) is 5.58 Å². The number of rotatable bonds is 5. The highest BCUT2D eigenvalue weighted by molar-refractivity contribution is 5.98. The summed E-state index contributed by atoms with van der Waals surface area (Å²) < 4.78 is 11.3. The lowest BCUT2D eigenvalue weighted by Gasteiger charge is -2.07. The molecule has 0 amide bonds. The Labute approximate surface area is 178 Å². The van der Waals surface area contributed by atoms with E-state index in [1.54, 1.807) is 30.3 Å². The predicted octanol–water partition coefficient (Wildman–Crippen LogP) is 6.46. The Morgan fingerprint density at radius 2 is 1.74 bits per heavy atom. The second-order valence-corrected chi connectivity index (χ2v) is 7.61. The van der Waals surface area contributed by atoms with Crippen molar-refractivity contribution in [3.63, 3.8) is 0 Å². The number of aromatic hydroxyl groups is 1. The summed E-state index contributed by atoms with van der Waals surface area (Å²) in [6.07, 6.45) is 1.80. The summed E-state index contributed by atoms with van der Waals surface area (Å²) in [6.45, 7) is 2.46. The average molecular weight is 411 g/mol. The van der Waals surface area contributed by atoms with Crippen molar-refractivity contribution in [1.82, 2.24) is 4.98 Å². The first-order valence-electron chi connectivity index (χ1n) is 10.4. The van der Waals surface area contributed by atoms with Crippen LogP contribution < -0.4 is 0 Å². The fraction of sp³-hybridized carbons (Fsp3) is 0.154. The monoisotopic (exact) mass is 411 g/mol. The van der Waals surface area contributed by atoms with Gasteiger partial charge >= 0.3 is 5.97 Å². The van der Waals surface area contributed by atoms with E-state index in [1.807, 2.05) is 43.3 Å². The van der Waals surface area contributed by atoms with Crippen molar-refractivity contribution in [2.24, 2.45) is 0 Å². The summed E-state index contributed by atoms with van der Waals surface area (Å²) in [5, 5.41) is 14.4. The van der Waals surface area contributed by atoms with Crippen molar-refractivity contribution in [2.45, 2.75) is 19.8 Å². The van der Waals surface area contributed by atoms with Crippen LogP contribution in [0.5, 0.6) is 5.75 Å². The Balaban J connectivity index is 1.56. The third kappa shape index (κ3) is 3.59. The maximum atomic E-state index is 12.3. The first-order chi connectivity index (χ1) is 15.1. The van der Waals surface area contributed by atoms with E-state index in [2.05, 4.69) is 4.98 Å². The molecular weight excluding hydrogens is 390 g/mol. The summed E-state index contributed by atoms with van der Waals surface area (Å²) >= 11 is 0. The Morgan fingerprint density at radius 1 is 0.968 bits per heavy atom. The SMILES string of the molecule is CCCCOC(=O)c1ccc2cc(O)c(-c3nc4cc5ccccc5cc4o3)cc2c1. The van der Waals surface area contributed by atoms with Crippen LogP contribution in [0.2, 0.25) is 0 Å². The number of phenols is 1. The Morgan fingerprint density at radius 3 is 2.55 bits per heavy atom. The molecule has 1 aromatic heterocycles. The molecule has 0 spiro atoms. The minimum absolute atomic E-state index is 0.0712. The Hall–Kier alpha value is -3.86. The molecule has 31 heavy (non-hydrogen) atoms. The minimum Gasteiger partial charge on any atom is -0.507 e. The lowest BCUT2D eigenvalue weighted by Crippen LogP contribution is -2.06. The van der Waals surface area contributed by atoms with Crippen LogP contribution >= 0.6 is 0 Å². The zero-order valence-electron chi connectivity index (χ0n) is 17.1. The second kappa shape index (κ2) is 7.76. The molecule has 5 nitrogen and oxygen atoms in total. The molecule has 0 aliphatic rings. The van der Waals surface area contributed by atoms with Gasteiger partial charge in [-0.3, -0.25) is 0 Å². The van der Waals surface area contributed by atoms with E-state index in [1.165, 1.54) is 0 Å². The molecule has 0 atom stereocenters. The van der Waals surface area contributed by atoms with E-state index < -0.39 is 0 Å². The zero-order chi connectivity index (χ0) is 21.4. The molecule has 0 aliphatic carbocycles. The molecule has 0 aliphatic heterocycles. The van der Waals surface area contributed by atoms with Gasteiger partial charge in [-0.15, -0.1) is 0 Å². The van der Waals surface area contributed by atoms with Crippen LogP contribution in [0.25, 0.3) is 44.1 Å². The lowest BCUT2D eigenvalue weighted by atomic mass is 10.0. The molecule has 4 aromatic carbocycles. The number of benzene rings is 4. The maximum absolute atomic E-state index is 12.3. The molecule has 0 radical (unpaired) electrons. The summed E-state index contributed by atoms with van der Waals surface area (Å²) in [5.41, 5.74) is 2.33. The topological polar surface area (TPSA) is 72.6 Å². The van der Waals surface area contributed by atoms with Crippen molar-refractivity contribution in [3.8, 4) is 17.2 Å². The molecule has 5 heteroatoms. The number of fused-ring (bicyclic) bond motifs is 3. The van der Waals surface area contributed by atoms with E-state index in [4.69, 9.17) is 9.15 Å². The number of oxazole rings is 1. The normalized spacial score (nSPS) is 11.4. The molecule has 0 saturated carbocycles. The van der Waals surface area contributed by atoms with E-state index in [9.17, 15) is 9.90 Å². The number of aromatic nitrogens is 1. The molecular formula is C26H21NO4.